The smallest absolute Gasteiger partial charge is 0.226 e. The number of carbonyl (C=O) groups is 1. The van der Waals surface area contributed by atoms with Gasteiger partial charge in [0, 0.05) is 23.9 Å². The number of rotatable bonds is 5. The maximum absolute atomic E-state index is 12.9. The van der Waals surface area contributed by atoms with Gasteiger partial charge in [-0.2, -0.15) is 5.10 Å². The quantitative estimate of drug-likeness (QED) is 0.655. The zero-order valence-corrected chi connectivity index (χ0v) is 17.1. The molecule has 1 aliphatic rings. The molecule has 3 heterocycles. The lowest BCUT2D eigenvalue weighted by atomic mass is 10.0. The standard InChI is InChI=1S/C23H28N4O/c1-5-18(6-2)23(28)26-14-20-21(15-26)24-27(22(20)25-11-7-8-12-25)19-10-9-16(3)17(4)13-19/h7-13,18H,5-6,14-15H2,1-4H3. The van der Waals surface area contributed by atoms with Crippen molar-refractivity contribution in [2.75, 3.05) is 0 Å². The summed E-state index contributed by atoms with van der Waals surface area (Å²) in [5, 5.41) is 4.93. The van der Waals surface area contributed by atoms with Gasteiger partial charge in [0.2, 0.25) is 5.91 Å². The second kappa shape index (κ2) is 7.30. The highest BCUT2D eigenvalue weighted by atomic mass is 16.2. The van der Waals surface area contributed by atoms with E-state index in [1.807, 2.05) is 34.1 Å². The van der Waals surface area contributed by atoms with Gasteiger partial charge in [0.15, 0.2) is 0 Å². The van der Waals surface area contributed by atoms with E-state index in [2.05, 4.69) is 50.5 Å². The molecule has 3 aromatic rings. The summed E-state index contributed by atoms with van der Waals surface area (Å²) in [4.78, 5) is 14.9. The molecule has 4 rings (SSSR count). The van der Waals surface area contributed by atoms with Crippen LogP contribution in [-0.2, 0) is 17.9 Å². The maximum Gasteiger partial charge on any atom is 0.226 e. The van der Waals surface area contributed by atoms with E-state index in [9.17, 15) is 4.79 Å². The fourth-order valence-corrected chi connectivity index (χ4v) is 4.03. The van der Waals surface area contributed by atoms with Crippen LogP contribution in [0.25, 0.3) is 11.5 Å². The van der Waals surface area contributed by atoms with Gasteiger partial charge in [-0.1, -0.05) is 19.9 Å². The monoisotopic (exact) mass is 376 g/mol. The topological polar surface area (TPSA) is 43.1 Å². The third-order valence-electron chi connectivity index (χ3n) is 5.96. The number of aryl methyl sites for hydroxylation is 2. The Morgan fingerprint density at radius 2 is 1.79 bits per heavy atom. The summed E-state index contributed by atoms with van der Waals surface area (Å²) in [5.74, 6) is 1.38. The van der Waals surface area contributed by atoms with Crippen molar-refractivity contribution in [3.63, 3.8) is 0 Å². The summed E-state index contributed by atoms with van der Waals surface area (Å²) >= 11 is 0. The van der Waals surface area contributed by atoms with Crippen LogP contribution in [0, 0.1) is 19.8 Å². The second-order valence-corrected chi connectivity index (χ2v) is 7.73. The normalized spacial score (nSPS) is 13.4. The minimum atomic E-state index is 0.103. The Balaban J connectivity index is 1.76. The molecule has 0 radical (unpaired) electrons. The van der Waals surface area contributed by atoms with E-state index in [-0.39, 0.29) is 11.8 Å². The van der Waals surface area contributed by atoms with Gasteiger partial charge in [0.1, 0.15) is 5.82 Å². The lowest BCUT2D eigenvalue weighted by Crippen LogP contribution is -2.32. The van der Waals surface area contributed by atoms with Crippen LogP contribution in [0.2, 0.25) is 0 Å². The molecule has 0 atom stereocenters. The Morgan fingerprint density at radius 1 is 1.07 bits per heavy atom. The SMILES string of the molecule is CCC(CC)C(=O)N1Cc2nn(-c3ccc(C)c(C)c3)c(-n3cccc3)c2C1. The van der Waals surface area contributed by atoms with E-state index in [1.54, 1.807) is 0 Å². The number of aromatic nitrogens is 3. The zero-order chi connectivity index (χ0) is 19.8. The van der Waals surface area contributed by atoms with Crippen LogP contribution in [0.5, 0.6) is 0 Å². The number of amides is 1. The van der Waals surface area contributed by atoms with Crippen molar-refractivity contribution in [1.29, 1.82) is 0 Å². The minimum Gasteiger partial charge on any atom is -0.332 e. The second-order valence-electron chi connectivity index (χ2n) is 7.73. The molecule has 1 amide bonds. The van der Waals surface area contributed by atoms with Crippen LogP contribution in [0.3, 0.4) is 0 Å². The largest absolute Gasteiger partial charge is 0.332 e. The van der Waals surface area contributed by atoms with Crippen molar-refractivity contribution in [2.24, 2.45) is 5.92 Å². The zero-order valence-electron chi connectivity index (χ0n) is 17.1. The predicted molar refractivity (Wildman–Crippen MR) is 111 cm³/mol. The molecule has 0 fully saturated rings. The lowest BCUT2D eigenvalue weighted by molar-refractivity contribution is -0.136. The van der Waals surface area contributed by atoms with Gasteiger partial charge in [-0.05, 0) is 62.1 Å². The van der Waals surface area contributed by atoms with E-state index in [0.29, 0.717) is 13.1 Å². The summed E-state index contributed by atoms with van der Waals surface area (Å²) in [6, 6.07) is 10.5. The summed E-state index contributed by atoms with van der Waals surface area (Å²) in [6.07, 6.45) is 5.85. The van der Waals surface area contributed by atoms with Gasteiger partial charge in [-0.15, -0.1) is 0 Å². The van der Waals surface area contributed by atoms with Crippen molar-refractivity contribution >= 4 is 5.91 Å². The average Bonchev–Trinajstić information content (AvgIpc) is 3.40. The van der Waals surface area contributed by atoms with Gasteiger partial charge in [-0.25, -0.2) is 4.68 Å². The van der Waals surface area contributed by atoms with Crippen LogP contribution >= 0.6 is 0 Å². The molecule has 0 unspecified atom stereocenters. The highest BCUT2D eigenvalue weighted by molar-refractivity contribution is 5.79. The summed E-state index contributed by atoms with van der Waals surface area (Å²) in [7, 11) is 0. The van der Waals surface area contributed by atoms with Gasteiger partial charge < -0.3 is 9.47 Å². The fourth-order valence-electron chi connectivity index (χ4n) is 4.03. The Hall–Kier alpha value is -2.82. The molecule has 5 nitrogen and oxygen atoms in total. The van der Waals surface area contributed by atoms with Crippen molar-refractivity contribution in [3.05, 3.63) is 65.1 Å². The summed E-state index contributed by atoms with van der Waals surface area (Å²) in [6.45, 7) is 9.65. The molecule has 0 aliphatic carbocycles. The fraction of sp³-hybridized carbons (Fsp3) is 0.391. The summed E-state index contributed by atoms with van der Waals surface area (Å²) in [5.41, 5.74) is 5.72. The van der Waals surface area contributed by atoms with Crippen molar-refractivity contribution in [1.82, 2.24) is 19.2 Å². The highest BCUT2D eigenvalue weighted by Crippen LogP contribution is 2.32. The van der Waals surface area contributed by atoms with Crippen molar-refractivity contribution < 1.29 is 4.79 Å². The number of hydrogen-bond donors (Lipinski definition) is 0. The molecule has 28 heavy (non-hydrogen) atoms. The van der Waals surface area contributed by atoms with E-state index < -0.39 is 0 Å². The average molecular weight is 377 g/mol. The van der Waals surface area contributed by atoms with E-state index in [1.165, 1.54) is 11.1 Å². The first-order valence-corrected chi connectivity index (χ1v) is 10.1. The molecule has 5 heteroatoms. The van der Waals surface area contributed by atoms with Crippen LogP contribution in [0.4, 0.5) is 0 Å². The van der Waals surface area contributed by atoms with Gasteiger partial charge in [0.05, 0.1) is 24.5 Å². The van der Waals surface area contributed by atoms with Crippen LogP contribution in [-0.4, -0.2) is 25.2 Å². The number of carbonyl (C=O) groups excluding carboxylic acids is 1. The molecule has 1 aromatic carbocycles. The first-order chi connectivity index (χ1) is 13.5. The molecule has 0 saturated carbocycles. The summed E-state index contributed by atoms with van der Waals surface area (Å²) < 4.78 is 4.13. The Bertz CT molecular complexity index is 996. The number of fused-ring (bicyclic) bond motifs is 1. The minimum absolute atomic E-state index is 0.103. The number of benzene rings is 1. The molecule has 1 aliphatic heterocycles. The maximum atomic E-state index is 12.9. The van der Waals surface area contributed by atoms with Crippen LogP contribution in [0.15, 0.2) is 42.7 Å². The molecule has 0 saturated heterocycles. The van der Waals surface area contributed by atoms with Crippen molar-refractivity contribution in [2.45, 2.75) is 53.6 Å². The predicted octanol–water partition coefficient (Wildman–Crippen LogP) is 4.56. The lowest BCUT2D eigenvalue weighted by Gasteiger charge is -2.22. The molecule has 0 spiro atoms. The molecule has 0 N–H and O–H groups in total. The third-order valence-corrected chi connectivity index (χ3v) is 5.96. The van der Waals surface area contributed by atoms with Crippen LogP contribution in [0.1, 0.15) is 49.1 Å². The van der Waals surface area contributed by atoms with E-state index in [4.69, 9.17) is 5.10 Å². The Morgan fingerprint density at radius 3 is 2.43 bits per heavy atom. The molecular formula is C23H28N4O. The van der Waals surface area contributed by atoms with Crippen LogP contribution < -0.4 is 0 Å². The molecule has 0 bridgehead atoms. The Kier molecular flexibility index (Phi) is 4.84. The third kappa shape index (κ3) is 3.05. The molecule has 2 aromatic heterocycles. The highest BCUT2D eigenvalue weighted by Gasteiger charge is 2.33. The van der Waals surface area contributed by atoms with Gasteiger partial charge in [-0.3, -0.25) is 4.79 Å². The van der Waals surface area contributed by atoms with Crippen molar-refractivity contribution in [3.8, 4) is 11.5 Å². The molecular weight excluding hydrogens is 348 g/mol. The first kappa shape index (κ1) is 18.5. The van der Waals surface area contributed by atoms with E-state index >= 15 is 0 Å². The molecule has 146 valence electrons. The first-order valence-electron chi connectivity index (χ1n) is 10.1. The number of hydrogen-bond acceptors (Lipinski definition) is 2. The van der Waals surface area contributed by atoms with Gasteiger partial charge in [0.25, 0.3) is 0 Å². The van der Waals surface area contributed by atoms with E-state index in [0.717, 1.165) is 35.6 Å². The van der Waals surface area contributed by atoms with Gasteiger partial charge >= 0.3 is 0 Å². The number of nitrogens with zero attached hydrogens (tertiary/aromatic N) is 4. The Labute approximate surface area is 166 Å².